The summed E-state index contributed by atoms with van der Waals surface area (Å²) >= 11 is 0. The van der Waals surface area contributed by atoms with Crippen molar-refractivity contribution in [1.29, 1.82) is 0 Å². The maximum absolute atomic E-state index is 13.3. The lowest BCUT2D eigenvalue weighted by atomic mass is 10.0. The van der Waals surface area contributed by atoms with Gasteiger partial charge < -0.3 is 19.6 Å². The number of nitrogens with zero attached hydrogens (tertiary/aromatic N) is 2. The van der Waals surface area contributed by atoms with Crippen molar-refractivity contribution in [1.82, 2.24) is 4.90 Å². The monoisotopic (exact) mass is 551 g/mol. The molecule has 4 rings (SSSR count). The lowest BCUT2D eigenvalue weighted by Crippen LogP contribution is -2.48. The summed E-state index contributed by atoms with van der Waals surface area (Å²) < 4.78 is 34.2. The second-order valence-corrected chi connectivity index (χ2v) is 11.1. The lowest BCUT2D eigenvalue weighted by molar-refractivity contribution is 0.0696. The predicted octanol–water partition coefficient (Wildman–Crippen LogP) is 4.50. The Hall–Kier alpha value is -4.05. The van der Waals surface area contributed by atoms with Crippen molar-refractivity contribution < 1.29 is 27.9 Å². The van der Waals surface area contributed by atoms with E-state index in [1.807, 2.05) is 31.2 Å². The van der Waals surface area contributed by atoms with E-state index < -0.39 is 16.0 Å². The topological polar surface area (TPSA) is 116 Å². The van der Waals surface area contributed by atoms with Crippen LogP contribution in [0.4, 0.5) is 11.4 Å². The number of aryl methyl sites for hydroxylation is 1. The van der Waals surface area contributed by atoms with Crippen LogP contribution in [0.3, 0.4) is 0 Å². The molecule has 39 heavy (non-hydrogen) atoms. The maximum atomic E-state index is 13.3. The number of sulfonamides is 1. The molecule has 0 aliphatic carbocycles. The van der Waals surface area contributed by atoms with Crippen LogP contribution in [0.1, 0.15) is 46.0 Å². The average Bonchev–Trinajstić information content (AvgIpc) is 2.96. The van der Waals surface area contributed by atoms with Crippen LogP contribution in [0.5, 0.6) is 5.75 Å². The number of hydrogen-bond acceptors (Lipinski definition) is 6. The normalized spacial score (nSPS) is 13.7. The number of ether oxygens (including phenoxy) is 1. The molecule has 10 heteroatoms. The van der Waals surface area contributed by atoms with E-state index in [0.717, 1.165) is 29.8 Å². The first kappa shape index (κ1) is 28.0. The van der Waals surface area contributed by atoms with Gasteiger partial charge in [0, 0.05) is 31.7 Å². The van der Waals surface area contributed by atoms with Crippen molar-refractivity contribution in [3.63, 3.8) is 0 Å². The first-order valence-corrected chi connectivity index (χ1v) is 14.4. The van der Waals surface area contributed by atoms with Crippen LogP contribution in [-0.4, -0.2) is 63.6 Å². The van der Waals surface area contributed by atoms with E-state index in [-0.39, 0.29) is 27.6 Å². The van der Waals surface area contributed by atoms with Crippen LogP contribution < -0.4 is 14.4 Å². The fourth-order valence-corrected chi connectivity index (χ4v) is 5.74. The fourth-order valence-electron chi connectivity index (χ4n) is 4.62. The first-order valence-electron chi connectivity index (χ1n) is 12.9. The Morgan fingerprint density at radius 1 is 0.974 bits per heavy atom. The Balaban J connectivity index is 1.48. The molecule has 1 aliphatic rings. The van der Waals surface area contributed by atoms with Gasteiger partial charge in [0.2, 0.25) is 0 Å². The maximum Gasteiger partial charge on any atom is 0.337 e. The van der Waals surface area contributed by atoms with E-state index in [4.69, 9.17) is 4.74 Å². The number of amides is 1. The van der Waals surface area contributed by atoms with Gasteiger partial charge in [0.1, 0.15) is 5.75 Å². The average molecular weight is 552 g/mol. The molecule has 0 spiro atoms. The number of piperazine rings is 1. The van der Waals surface area contributed by atoms with E-state index >= 15 is 0 Å². The van der Waals surface area contributed by atoms with Crippen molar-refractivity contribution >= 4 is 33.3 Å². The highest BCUT2D eigenvalue weighted by molar-refractivity contribution is 7.92. The summed E-state index contributed by atoms with van der Waals surface area (Å²) in [7, 11) is -2.52. The Kier molecular flexibility index (Phi) is 8.75. The highest BCUT2D eigenvalue weighted by atomic mass is 32.2. The molecule has 0 bridgehead atoms. The molecule has 1 fully saturated rings. The van der Waals surface area contributed by atoms with Gasteiger partial charge in [0.15, 0.2) is 0 Å². The summed E-state index contributed by atoms with van der Waals surface area (Å²) in [5, 5.41) is 9.67. The predicted molar refractivity (Wildman–Crippen MR) is 150 cm³/mol. The molecule has 0 radical (unpaired) electrons. The van der Waals surface area contributed by atoms with Crippen molar-refractivity contribution in [2.24, 2.45) is 0 Å². The third kappa shape index (κ3) is 6.51. The molecule has 0 aromatic heterocycles. The van der Waals surface area contributed by atoms with Gasteiger partial charge in [-0.1, -0.05) is 37.6 Å². The van der Waals surface area contributed by atoms with Gasteiger partial charge in [-0.2, -0.15) is 0 Å². The Morgan fingerprint density at radius 3 is 2.41 bits per heavy atom. The Labute approximate surface area is 229 Å². The fraction of sp³-hybridized carbons (Fsp3) is 0.310. The molecule has 1 aliphatic heterocycles. The van der Waals surface area contributed by atoms with Crippen molar-refractivity contribution in [3.8, 4) is 5.75 Å². The number of para-hydroxylation sites is 2. The van der Waals surface area contributed by atoms with Gasteiger partial charge in [-0.05, 0) is 60.9 Å². The first-order chi connectivity index (χ1) is 18.7. The van der Waals surface area contributed by atoms with Gasteiger partial charge in [-0.3, -0.25) is 9.52 Å². The number of aromatic carboxylic acids is 1. The van der Waals surface area contributed by atoms with Gasteiger partial charge in [-0.25, -0.2) is 13.2 Å². The quantitative estimate of drug-likeness (QED) is 0.381. The molecule has 3 aromatic carbocycles. The van der Waals surface area contributed by atoms with Crippen molar-refractivity contribution in [3.05, 3.63) is 83.4 Å². The summed E-state index contributed by atoms with van der Waals surface area (Å²) in [5.74, 6) is -0.718. The summed E-state index contributed by atoms with van der Waals surface area (Å²) in [6, 6.07) is 18.2. The highest BCUT2D eigenvalue weighted by Crippen LogP contribution is 2.29. The molecule has 1 amide bonds. The SMILES string of the molecule is CCCCc1ccc(NS(=O)(=O)c2cccc(C(=O)N3CCN(c4ccccc4OC)CC3)c2)c(C(=O)O)c1. The molecule has 0 saturated carbocycles. The molecule has 206 valence electrons. The van der Waals surface area contributed by atoms with Crippen LogP contribution >= 0.6 is 0 Å². The number of carboxylic acid groups (broad SMARTS) is 1. The number of nitrogens with one attached hydrogen (secondary N) is 1. The molecular weight excluding hydrogens is 518 g/mol. The molecule has 1 heterocycles. The number of carboxylic acids is 1. The Bertz CT molecular complexity index is 1450. The van der Waals surface area contributed by atoms with E-state index in [2.05, 4.69) is 9.62 Å². The minimum atomic E-state index is -4.14. The molecular formula is C29H33N3O6S. The van der Waals surface area contributed by atoms with Gasteiger partial charge in [0.05, 0.1) is 28.9 Å². The van der Waals surface area contributed by atoms with Crippen LogP contribution in [0.25, 0.3) is 0 Å². The zero-order valence-electron chi connectivity index (χ0n) is 22.1. The molecule has 9 nitrogen and oxygen atoms in total. The van der Waals surface area contributed by atoms with E-state index in [0.29, 0.717) is 32.6 Å². The summed E-state index contributed by atoms with van der Waals surface area (Å²) in [6.07, 6.45) is 2.57. The number of methoxy groups -OCH3 is 1. The van der Waals surface area contributed by atoms with E-state index in [1.54, 1.807) is 24.1 Å². The van der Waals surface area contributed by atoms with Crippen molar-refractivity contribution in [2.75, 3.05) is 42.9 Å². The summed E-state index contributed by atoms with van der Waals surface area (Å²) in [4.78, 5) is 28.8. The minimum absolute atomic E-state index is 0.0214. The minimum Gasteiger partial charge on any atom is -0.495 e. The van der Waals surface area contributed by atoms with Gasteiger partial charge >= 0.3 is 5.97 Å². The lowest BCUT2D eigenvalue weighted by Gasteiger charge is -2.36. The number of hydrogen-bond donors (Lipinski definition) is 2. The number of carbonyl (C=O) groups excluding carboxylic acids is 1. The smallest absolute Gasteiger partial charge is 0.337 e. The van der Waals surface area contributed by atoms with Crippen LogP contribution in [0.2, 0.25) is 0 Å². The number of carbonyl (C=O) groups is 2. The zero-order valence-corrected chi connectivity index (χ0v) is 22.9. The third-order valence-electron chi connectivity index (χ3n) is 6.76. The van der Waals surface area contributed by atoms with Crippen molar-refractivity contribution in [2.45, 2.75) is 31.1 Å². The van der Waals surface area contributed by atoms with Crippen LogP contribution in [0, 0.1) is 0 Å². The number of unbranched alkanes of at least 4 members (excludes halogenated alkanes) is 1. The largest absolute Gasteiger partial charge is 0.495 e. The summed E-state index contributed by atoms with van der Waals surface area (Å²) in [6.45, 7) is 4.20. The molecule has 2 N–H and O–H groups in total. The van der Waals surface area contributed by atoms with Crippen LogP contribution in [0.15, 0.2) is 71.6 Å². The summed E-state index contributed by atoms with van der Waals surface area (Å²) in [5.41, 5.74) is 1.90. The molecule has 0 atom stereocenters. The number of rotatable bonds is 10. The second kappa shape index (κ2) is 12.2. The third-order valence-corrected chi connectivity index (χ3v) is 8.12. The van der Waals surface area contributed by atoms with E-state index in [1.165, 1.54) is 30.3 Å². The highest BCUT2D eigenvalue weighted by Gasteiger charge is 2.25. The molecule has 1 saturated heterocycles. The standard InChI is InChI=1S/C29H33N3O6S/c1-3-4-8-21-13-14-25(24(19-21)29(34)35)30-39(36,37)23-10-7-9-22(20-23)28(33)32-17-15-31(16-18-32)26-11-5-6-12-27(26)38-2/h5-7,9-14,19-20,30H,3-4,8,15-18H2,1-2H3,(H,34,35). The van der Waals surface area contributed by atoms with Crippen LogP contribution in [-0.2, 0) is 16.4 Å². The van der Waals surface area contributed by atoms with E-state index in [9.17, 15) is 23.1 Å². The second-order valence-electron chi connectivity index (χ2n) is 9.37. The molecule has 0 unspecified atom stereocenters. The van der Waals surface area contributed by atoms with Gasteiger partial charge in [0.25, 0.3) is 15.9 Å². The molecule has 3 aromatic rings. The number of benzene rings is 3. The zero-order chi connectivity index (χ0) is 28.0. The number of anilines is 2. The Morgan fingerprint density at radius 2 is 1.72 bits per heavy atom. The van der Waals surface area contributed by atoms with Gasteiger partial charge in [-0.15, -0.1) is 0 Å².